The van der Waals surface area contributed by atoms with Gasteiger partial charge in [0.05, 0.1) is 28.4 Å². The Hall–Kier alpha value is -3.49. The monoisotopic (exact) mass is 562 g/mol. The van der Waals surface area contributed by atoms with E-state index < -0.39 is 17.7 Å². The van der Waals surface area contributed by atoms with Gasteiger partial charge in [-0.1, -0.05) is 64.5 Å². The van der Waals surface area contributed by atoms with Crippen LogP contribution in [-0.2, 0) is 9.59 Å². The summed E-state index contributed by atoms with van der Waals surface area (Å²) in [6, 6.07) is 19.3. The van der Waals surface area contributed by atoms with E-state index in [1.54, 1.807) is 24.3 Å². The van der Waals surface area contributed by atoms with Crippen molar-refractivity contribution in [2.75, 3.05) is 11.5 Å². The molecule has 0 spiro atoms. The zero-order valence-corrected chi connectivity index (χ0v) is 22.1. The predicted molar refractivity (Wildman–Crippen MR) is 146 cm³/mol. The Bertz CT molecular complexity index is 1530. The van der Waals surface area contributed by atoms with Gasteiger partial charge in [0.25, 0.3) is 5.78 Å². The summed E-state index contributed by atoms with van der Waals surface area (Å²) in [5, 5.41) is 11.8. The summed E-state index contributed by atoms with van der Waals surface area (Å²) >= 11 is 4.83. The number of hydrogen-bond acceptors (Lipinski definition) is 6. The minimum Gasteiger partial charge on any atom is -0.507 e. The molecule has 1 fully saturated rings. The number of hydrogen-bond donors (Lipinski definition) is 1. The number of aromatic nitrogens is 1. The van der Waals surface area contributed by atoms with Crippen LogP contribution in [0.4, 0.5) is 5.13 Å². The number of aliphatic hydroxyl groups excluding tert-OH is 1. The van der Waals surface area contributed by atoms with Crippen molar-refractivity contribution in [2.45, 2.75) is 26.3 Å². The number of Topliss-reactive ketones (excluding diaryl/α,β-unsaturated/α-hetero) is 1. The van der Waals surface area contributed by atoms with Gasteiger partial charge in [-0.15, -0.1) is 0 Å². The molecule has 1 saturated heterocycles. The number of carbonyl (C=O) groups excluding carboxylic acids is 2. The lowest BCUT2D eigenvalue weighted by Gasteiger charge is -2.23. The van der Waals surface area contributed by atoms with E-state index >= 15 is 0 Å². The first kappa shape index (κ1) is 24.2. The van der Waals surface area contributed by atoms with Crippen LogP contribution in [0.2, 0.25) is 0 Å². The number of anilines is 1. The van der Waals surface area contributed by atoms with Crippen molar-refractivity contribution in [3.8, 4) is 5.75 Å². The highest BCUT2D eigenvalue weighted by atomic mass is 79.9. The molecule has 5 rings (SSSR count). The van der Waals surface area contributed by atoms with Crippen molar-refractivity contribution in [3.63, 3.8) is 0 Å². The van der Waals surface area contributed by atoms with Crippen LogP contribution in [0.15, 0.2) is 76.8 Å². The van der Waals surface area contributed by atoms with Gasteiger partial charge in [-0.05, 0) is 60.9 Å². The van der Waals surface area contributed by atoms with Crippen LogP contribution in [0, 0.1) is 6.92 Å². The van der Waals surface area contributed by atoms with Crippen LogP contribution in [0.1, 0.15) is 36.1 Å². The van der Waals surface area contributed by atoms with Crippen LogP contribution < -0.4 is 9.64 Å². The summed E-state index contributed by atoms with van der Waals surface area (Å²) in [7, 11) is 0. The van der Waals surface area contributed by atoms with Crippen LogP contribution in [0.3, 0.4) is 0 Å². The molecule has 1 atom stereocenters. The molecule has 1 amide bonds. The van der Waals surface area contributed by atoms with Gasteiger partial charge in [-0.25, -0.2) is 4.98 Å². The molecule has 6 nitrogen and oxygen atoms in total. The highest BCUT2D eigenvalue weighted by molar-refractivity contribution is 9.10. The molecular weight excluding hydrogens is 540 g/mol. The fraction of sp³-hybridized carbons (Fsp3) is 0.179. The average molecular weight is 563 g/mol. The Labute approximate surface area is 221 Å². The number of aryl methyl sites for hydroxylation is 1. The molecule has 2 heterocycles. The lowest BCUT2D eigenvalue weighted by atomic mass is 9.95. The largest absolute Gasteiger partial charge is 0.507 e. The van der Waals surface area contributed by atoms with Crippen LogP contribution in [-0.4, -0.2) is 28.4 Å². The van der Waals surface area contributed by atoms with E-state index in [0.717, 1.165) is 26.7 Å². The molecule has 4 aromatic rings. The summed E-state index contributed by atoms with van der Waals surface area (Å²) in [4.78, 5) is 32.9. The average Bonchev–Trinajstić information content (AvgIpc) is 3.40. The van der Waals surface area contributed by atoms with Crippen molar-refractivity contribution < 1.29 is 19.4 Å². The maximum atomic E-state index is 13.4. The fourth-order valence-corrected chi connectivity index (χ4v) is 5.76. The molecule has 182 valence electrons. The number of ketones is 1. The van der Waals surface area contributed by atoms with Gasteiger partial charge in [0.15, 0.2) is 5.13 Å². The number of ether oxygens (including phenoxy) is 1. The highest BCUT2D eigenvalue weighted by Crippen LogP contribution is 2.45. The summed E-state index contributed by atoms with van der Waals surface area (Å²) in [5.74, 6) is -1.15. The number of carbonyl (C=O) groups is 2. The first-order valence-corrected chi connectivity index (χ1v) is 13.1. The number of aliphatic hydroxyl groups is 1. The Morgan fingerprint density at radius 1 is 1.11 bits per heavy atom. The number of rotatable bonds is 6. The SMILES string of the molecule is CCCOc1cccc(/C(O)=C2\C(=O)C(=O)N(c3nc4ccc(C)cc4s3)C2c2cccc(Br)c2)c1. The molecule has 0 bridgehead atoms. The van der Waals surface area contributed by atoms with E-state index in [4.69, 9.17) is 4.74 Å². The second-order valence-electron chi connectivity index (χ2n) is 8.57. The number of thiazole rings is 1. The van der Waals surface area contributed by atoms with Crippen molar-refractivity contribution in [3.05, 3.63) is 93.5 Å². The number of halogens is 1. The van der Waals surface area contributed by atoms with E-state index in [9.17, 15) is 14.7 Å². The third-order valence-corrected chi connectivity index (χ3v) is 7.44. The maximum absolute atomic E-state index is 13.4. The zero-order valence-electron chi connectivity index (χ0n) is 19.7. The van der Waals surface area contributed by atoms with E-state index in [1.165, 1.54) is 16.2 Å². The third kappa shape index (κ3) is 4.42. The molecule has 0 radical (unpaired) electrons. The molecule has 1 aromatic heterocycles. The summed E-state index contributed by atoms with van der Waals surface area (Å²) < 4.78 is 7.42. The Kier molecular flexibility index (Phi) is 6.64. The number of amides is 1. The molecule has 36 heavy (non-hydrogen) atoms. The predicted octanol–water partition coefficient (Wildman–Crippen LogP) is 6.78. The van der Waals surface area contributed by atoms with Crippen molar-refractivity contribution in [1.82, 2.24) is 4.98 Å². The quantitative estimate of drug-likeness (QED) is 0.159. The van der Waals surface area contributed by atoms with Gasteiger partial charge in [-0.3, -0.25) is 14.5 Å². The van der Waals surface area contributed by atoms with Crippen LogP contribution in [0.25, 0.3) is 16.0 Å². The summed E-state index contributed by atoms with van der Waals surface area (Å²) in [6.07, 6.45) is 0.839. The second kappa shape index (κ2) is 9.87. The zero-order chi connectivity index (χ0) is 25.4. The second-order valence-corrected chi connectivity index (χ2v) is 10.5. The molecule has 0 aliphatic carbocycles. The Balaban J connectivity index is 1.69. The lowest BCUT2D eigenvalue weighted by Crippen LogP contribution is -2.29. The molecular formula is C28H23BrN2O4S. The van der Waals surface area contributed by atoms with E-state index in [-0.39, 0.29) is 11.3 Å². The number of nitrogens with zero attached hydrogens (tertiary/aromatic N) is 2. The third-order valence-electron chi connectivity index (χ3n) is 5.93. The summed E-state index contributed by atoms with van der Waals surface area (Å²) in [5.41, 5.74) is 2.92. The van der Waals surface area contributed by atoms with Gasteiger partial charge < -0.3 is 9.84 Å². The minimum absolute atomic E-state index is 0.0150. The van der Waals surface area contributed by atoms with Crippen LogP contribution in [0.5, 0.6) is 5.75 Å². The number of fused-ring (bicyclic) bond motifs is 1. The number of benzene rings is 3. The fourth-order valence-electron chi connectivity index (χ4n) is 4.25. The molecule has 3 aromatic carbocycles. The smallest absolute Gasteiger partial charge is 0.301 e. The Morgan fingerprint density at radius 3 is 2.69 bits per heavy atom. The van der Waals surface area contributed by atoms with Gasteiger partial charge >= 0.3 is 5.91 Å². The molecule has 1 aliphatic rings. The van der Waals surface area contributed by atoms with Gasteiger partial charge in [0.2, 0.25) is 0 Å². The molecule has 1 unspecified atom stereocenters. The highest BCUT2D eigenvalue weighted by Gasteiger charge is 2.48. The first-order chi connectivity index (χ1) is 17.4. The minimum atomic E-state index is -0.843. The maximum Gasteiger partial charge on any atom is 0.301 e. The van der Waals surface area contributed by atoms with Crippen LogP contribution >= 0.6 is 27.3 Å². The summed E-state index contributed by atoms with van der Waals surface area (Å²) in [6.45, 7) is 4.53. The molecule has 0 saturated carbocycles. The van der Waals surface area contributed by atoms with Crippen molar-refractivity contribution in [1.29, 1.82) is 0 Å². The van der Waals surface area contributed by atoms with E-state index in [0.29, 0.717) is 28.6 Å². The standard InChI is InChI=1S/C28H23BrN2O4S/c1-3-12-35-20-9-5-7-18(15-20)25(32)23-24(17-6-4-8-19(29)14-17)31(27(34)26(23)33)28-30-21-11-10-16(2)13-22(21)36-28/h4-11,13-15,24,32H,3,12H2,1-2H3/b25-23+. The van der Waals surface area contributed by atoms with E-state index in [1.807, 2.05) is 56.3 Å². The Morgan fingerprint density at radius 2 is 1.92 bits per heavy atom. The molecule has 1 aliphatic heterocycles. The van der Waals surface area contributed by atoms with Gasteiger partial charge in [-0.2, -0.15) is 0 Å². The topological polar surface area (TPSA) is 79.7 Å². The normalized spacial score (nSPS) is 17.2. The van der Waals surface area contributed by atoms with E-state index in [2.05, 4.69) is 20.9 Å². The molecule has 1 N–H and O–H groups in total. The van der Waals surface area contributed by atoms with Gasteiger partial charge in [0, 0.05) is 10.0 Å². The van der Waals surface area contributed by atoms with Crippen molar-refractivity contribution >= 4 is 60.1 Å². The van der Waals surface area contributed by atoms with Gasteiger partial charge in [0.1, 0.15) is 11.5 Å². The molecule has 8 heteroatoms. The lowest BCUT2D eigenvalue weighted by molar-refractivity contribution is -0.132. The first-order valence-electron chi connectivity index (χ1n) is 11.5. The van der Waals surface area contributed by atoms with Crippen molar-refractivity contribution in [2.24, 2.45) is 0 Å².